The minimum Gasteiger partial charge on any atom is -0.337 e. The molecule has 1 aliphatic rings. The lowest BCUT2D eigenvalue weighted by Crippen LogP contribution is -2.28. The molecule has 8 heteroatoms. The maximum absolute atomic E-state index is 12.4. The van der Waals surface area contributed by atoms with Crippen LogP contribution in [0.15, 0.2) is 79.3 Å². The number of carbonyl (C=O) groups excluding carboxylic acids is 1. The van der Waals surface area contributed by atoms with Gasteiger partial charge in [0, 0.05) is 34.8 Å². The lowest BCUT2D eigenvalue weighted by molar-refractivity contribution is -0.122. The van der Waals surface area contributed by atoms with E-state index in [2.05, 4.69) is 36.5 Å². The maximum Gasteiger partial charge on any atom is 0.227 e. The van der Waals surface area contributed by atoms with Crippen molar-refractivity contribution in [3.8, 4) is 33.9 Å². The van der Waals surface area contributed by atoms with Crippen LogP contribution in [-0.4, -0.2) is 36.0 Å². The highest BCUT2D eigenvalue weighted by Crippen LogP contribution is 2.33. The fraction of sp³-hybridized carbons (Fsp3) is 0.138. The van der Waals surface area contributed by atoms with Crippen LogP contribution in [-0.2, 0) is 4.79 Å². The minimum atomic E-state index is 0.0766. The van der Waals surface area contributed by atoms with Gasteiger partial charge in [0.2, 0.25) is 5.91 Å². The summed E-state index contributed by atoms with van der Waals surface area (Å²) in [5.41, 5.74) is 7.86. The van der Waals surface area contributed by atoms with E-state index in [0.29, 0.717) is 11.5 Å². The number of imidazole rings is 1. The lowest BCUT2D eigenvalue weighted by atomic mass is 9.85. The molecule has 1 aliphatic carbocycles. The summed E-state index contributed by atoms with van der Waals surface area (Å²) in [5, 5.41) is 11.7. The van der Waals surface area contributed by atoms with Crippen molar-refractivity contribution < 1.29 is 4.79 Å². The third kappa shape index (κ3) is 3.83. The predicted octanol–water partition coefficient (Wildman–Crippen LogP) is 5.97. The van der Waals surface area contributed by atoms with Crippen molar-refractivity contribution in [1.29, 1.82) is 0 Å². The molecule has 8 nitrogen and oxygen atoms in total. The monoisotopic (exact) mass is 485 g/mol. The zero-order chi connectivity index (χ0) is 24.8. The fourth-order valence-electron chi connectivity index (χ4n) is 4.83. The van der Waals surface area contributed by atoms with E-state index in [-0.39, 0.29) is 11.8 Å². The predicted molar refractivity (Wildman–Crippen MR) is 144 cm³/mol. The molecule has 6 aromatic rings. The van der Waals surface area contributed by atoms with E-state index < -0.39 is 0 Å². The number of hydrogen-bond acceptors (Lipinski definition) is 5. The van der Waals surface area contributed by atoms with Crippen LogP contribution in [0.4, 0.5) is 5.69 Å². The molecule has 1 fully saturated rings. The van der Waals surface area contributed by atoms with E-state index in [1.54, 1.807) is 18.6 Å². The van der Waals surface area contributed by atoms with Crippen molar-refractivity contribution in [2.75, 3.05) is 5.32 Å². The van der Waals surface area contributed by atoms with Crippen LogP contribution in [0.5, 0.6) is 0 Å². The second-order valence-corrected chi connectivity index (χ2v) is 9.41. The number of aromatic amines is 2. The normalized spacial score (nSPS) is 13.6. The van der Waals surface area contributed by atoms with Crippen molar-refractivity contribution in [1.82, 2.24) is 30.1 Å². The van der Waals surface area contributed by atoms with Crippen LogP contribution >= 0.6 is 0 Å². The molecule has 37 heavy (non-hydrogen) atoms. The van der Waals surface area contributed by atoms with E-state index in [1.165, 1.54) is 0 Å². The second-order valence-electron chi connectivity index (χ2n) is 9.41. The second kappa shape index (κ2) is 8.67. The van der Waals surface area contributed by atoms with Crippen molar-refractivity contribution in [3.63, 3.8) is 0 Å². The molecule has 180 valence electrons. The van der Waals surface area contributed by atoms with E-state index >= 15 is 0 Å². The van der Waals surface area contributed by atoms with Gasteiger partial charge in [0.15, 0.2) is 5.82 Å². The number of benzene rings is 2. The number of nitrogens with one attached hydrogen (secondary N) is 3. The highest BCUT2D eigenvalue weighted by Gasteiger charge is 2.25. The van der Waals surface area contributed by atoms with Crippen LogP contribution in [0.1, 0.15) is 19.3 Å². The summed E-state index contributed by atoms with van der Waals surface area (Å²) < 4.78 is 0. The van der Waals surface area contributed by atoms with Crippen molar-refractivity contribution in [2.24, 2.45) is 5.92 Å². The van der Waals surface area contributed by atoms with Gasteiger partial charge in [0.05, 0.1) is 34.1 Å². The van der Waals surface area contributed by atoms with E-state index in [1.807, 2.05) is 54.6 Å². The molecule has 0 unspecified atom stereocenters. The summed E-state index contributed by atoms with van der Waals surface area (Å²) >= 11 is 0. The Balaban J connectivity index is 1.26. The van der Waals surface area contributed by atoms with Gasteiger partial charge in [-0.15, -0.1) is 0 Å². The van der Waals surface area contributed by atoms with Crippen molar-refractivity contribution in [2.45, 2.75) is 19.3 Å². The zero-order valence-electron chi connectivity index (χ0n) is 19.9. The number of anilines is 1. The molecule has 0 aliphatic heterocycles. The van der Waals surface area contributed by atoms with Gasteiger partial charge in [0.25, 0.3) is 0 Å². The Kier molecular flexibility index (Phi) is 5.02. The number of carbonyl (C=O) groups is 1. The summed E-state index contributed by atoms with van der Waals surface area (Å²) in [5.74, 6) is 0.879. The number of rotatable bonds is 5. The van der Waals surface area contributed by atoms with E-state index in [4.69, 9.17) is 4.98 Å². The average Bonchev–Trinajstić information content (AvgIpc) is 3.52. The fourth-order valence-corrected chi connectivity index (χ4v) is 4.83. The average molecular weight is 486 g/mol. The van der Waals surface area contributed by atoms with Crippen LogP contribution in [0.2, 0.25) is 0 Å². The molecule has 2 aromatic carbocycles. The molecular weight excluding hydrogens is 462 g/mol. The Morgan fingerprint density at radius 3 is 2.73 bits per heavy atom. The van der Waals surface area contributed by atoms with Gasteiger partial charge in [-0.3, -0.25) is 19.9 Å². The summed E-state index contributed by atoms with van der Waals surface area (Å²) in [4.78, 5) is 29.6. The number of hydrogen-bond donors (Lipinski definition) is 3. The first-order valence-corrected chi connectivity index (χ1v) is 12.4. The standard InChI is InChI=1S/C29H23N7O/c37-29(17-5-3-6-17)32-20-13-19(15-30-16-20)18-10-11-24-22(14-18)27(36-35-24)28-33-25-9-4-7-21(26(25)34-28)23-8-1-2-12-31-23/h1-2,4,7-17H,3,5-6H2,(H,32,37)(H,33,34)(H,35,36). The summed E-state index contributed by atoms with van der Waals surface area (Å²) in [6, 6.07) is 20.0. The molecule has 0 saturated heterocycles. The van der Waals surface area contributed by atoms with E-state index in [0.717, 1.165) is 69.3 Å². The van der Waals surface area contributed by atoms with Crippen LogP contribution in [0, 0.1) is 5.92 Å². The summed E-state index contributed by atoms with van der Waals surface area (Å²) in [7, 11) is 0. The SMILES string of the molecule is O=C(Nc1cncc(-c2ccc3[nH]nc(-c4nc5c(-c6ccccn6)cccc5[nH]4)c3c2)c1)C1CCC1. The number of pyridine rings is 2. The van der Waals surface area contributed by atoms with Gasteiger partial charge in [-0.2, -0.15) is 5.10 Å². The van der Waals surface area contributed by atoms with Gasteiger partial charge in [-0.25, -0.2) is 4.98 Å². The third-order valence-electron chi connectivity index (χ3n) is 7.06. The molecule has 0 atom stereocenters. The lowest BCUT2D eigenvalue weighted by Gasteiger charge is -2.24. The molecular formula is C29H23N7O. The Bertz CT molecular complexity index is 1770. The molecule has 0 spiro atoms. The molecule has 7 rings (SSSR count). The Morgan fingerprint density at radius 1 is 0.946 bits per heavy atom. The molecule has 4 aromatic heterocycles. The van der Waals surface area contributed by atoms with Crippen LogP contribution < -0.4 is 5.32 Å². The Labute approximate surface area is 212 Å². The number of amides is 1. The Morgan fingerprint density at radius 2 is 1.89 bits per heavy atom. The topological polar surface area (TPSA) is 112 Å². The van der Waals surface area contributed by atoms with Crippen molar-refractivity contribution >= 4 is 33.5 Å². The first-order valence-electron chi connectivity index (χ1n) is 12.4. The highest BCUT2D eigenvalue weighted by atomic mass is 16.1. The molecule has 1 saturated carbocycles. The number of fused-ring (bicyclic) bond motifs is 2. The quantitative estimate of drug-likeness (QED) is 0.279. The maximum atomic E-state index is 12.4. The van der Waals surface area contributed by atoms with Gasteiger partial charge in [0.1, 0.15) is 5.69 Å². The smallest absolute Gasteiger partial charge is 0.227 e. The van der Waals surface area contributed by atoms with Crippen LogP contribution in [0.25, 0.3) is 55.8 Å². The number of nitrogens with zero attached hydrogens (tertiary/aromatic N) is 4. The van der Waals surface area contributed by atoms with Gasteiger partial charge >= 0.3 is 0 Å². The first-order chi connectivity index (χ1) is 18.2. The van der Waals surface area contributed by atoms with Crippen molar-refractivity contribution in [3.05, 3.63) is 79.3 Å². The first kappa shape index (κ1) is 21.4. The summed E-state index contributed by atoms with van der Waals surface area (Å²) in [6.45, 7) is 0. The Hall–Kier alpha value is -4.85. The van der Waals surface area contributed by atoms with Gasteiger partial charge < -0.3 is 10.3 Å². The largest absolute Gasteiger partial charge is 0.337 e. The molecule has 0 radical (unpaired) electrons. The molecule has 0 bridgehead atoms. The zero-order valence-corrected chi connectivity index (χ0v) is 19.9. The highest BCUT2D eigenvalue weighted by molar-refractivity contribution is 5.98. The van der Waals surface area contributed by atoms with Crippen LogP contribution in [0.3, 0.4) is 0 Å². The third-order valence-corrected chi connectivity index (χ3v) is 7.06. The number of para-hydroxylation sites is 1. The summed E-state index contributed by atoms with van der Waals surface area (Å²) in [6.07, 6.45) is 8.33. The number of H-pyrrole nitrogens is 2. The number of aromatic nitrogens is 6. The van der Waals surface area contributed by atoms with Gasteiger partial charge in [-0.1, -0.05) is 30.7 Å². The molecule has 3 N–H and O–H groups in total. The molecule has 4 heterocycles. The van der Waals surface area contributed by atoms with E-state index in [9.17, 15) is 4.79 Å². The molecule has 1 amide bonds. The van der Waals surface area contributed by atoms with Gasteiger partial charge in [-0.05, 0) is 54.8 Å². The minimum absolute atomic E-state index is 0.0766.